The summed E-state index contributed by atoms with van der Waals surface area (Å²) in [6.07, 6.45) is 0. The highest BCUT2D eigenvalue weighted by Gasteiger charge is 1.99. The molecule has 68 valence electrons. The Morgan fingerprint density at radius 2 is 2.38 bits per heavy atom. The minimum Gasteiger partial charge on any atom is -0.374 e. The van der Waals surface area contributed by atoms with Gasteiger partial charge >= 0.3 is 0 Å². The van der Waals surface area contributed by atoms with Gasteiger partial charge in [0, 0.05) is 4.88 Å². The average Bonchev–Trinajstić information content (AvgIpc) is 2.71. The fourth-order valence-corrected chi connectivity index (χ4v) is 2.03. The predicted octanol–water partition coefficient (Wildman–Crippen LogP) is 1.79. The standard InChI is InChI=1S/C7H8N4S2/c8-6-10-11-7(13-6)9-4-5-2-1-3-12-5/h1-3H,4H2,(H2,8,10)(H,9,11). The zero-order valence-electron chi connectivity index (χ0n) is 6.73. The first-order valence-corrected chi connectivity index (χ1v) is 5.39. The molecule has 2 aromatic heterocycles. The molecule has 0 bridgehead atoms. The van der Waals surface area contributed by atoms with Gasteiger partial charge in [0.05, 0.1) is 6.54 Å². The van der Waals surface area contributed by atoms with Crippen molar-refractivity contribution in [2.75, 3.05) is 11.1 Å². The van der Waals surface area contributed by atoms with Gasteiger partial charge in [-0.25, -0.2) is 0 Å². The van der Waals surface area contributed by atoms with Crippen LogP contribution in [-0.2, 0) is 6.54 Å². The van der Waals surface area contributed by atoms with Crippen molar-refractivity contribution in [2.24, 2.45) is 0 Å². The van der Waals surface area contributed by atoms with Gasteiger partial charge in [0.2, 0.25) is 10.3 Å². The van der Waals surface area contributed by atoms with E-state index in [1.54, 1.807) is 11.3 Å². The third-order valence-electron chi connectivity index (χ3n) is 1.43. The maximum atomic E-state index is 5.44. The monoisotopic (exact) mass is 212 g/mol. The molecule has 0 saturated heterocycles. The Kier molecular flexibility index (Phi) is 2.42. The molecular weight excluding hydrogens is 204 g/mol. The smallest absolute Gasteiger partial charge is 0.207 e. The molecular formula is C7H8N4S2. The quantitative estimate of drug-likeness (QED) is 0.814. The molecule has 0 saturated carbocycles. The lowest BCUT2D eigenvalue weighted by Gasteiger charge is -1.96. The van der Waals surface area contributed by atoms with Crippen LogP contribution in [-0.4, -0.2) is 10.2 Å². The molecule has 13 heavy (non-hydrogen) atoms. The van der Waals surface area contributed by atoms with Gasteiger partial charge in [-0.2, -0.15) is 0 Å². The Balaban J connectivity index is 1.93. The molecule has 0 unspecified atom stereocenters. The first-order valence-electron chi connectivity index (χ1n) is 3.70. The molecule has 0 amide bonds. The number of nitrogens with zero attached hydrogens (tertiary/aromatic N) is 2. The number of anilines is 2. The molecule has 0 fully saturated rings. The van der Waals surface area contributed by atoms with Gasteiger partial charge in [-0.15, -0.1) is 21.5 Å². The molecule has 2 heterocycles. The number of aromatic nitrogens is 2. The largest absolute Gasteiger partial charge is 0.374 e. The molecule has 0 spiro atoms. The van der Waals surface area contributed by atoms with Crippen LogP contribution in [0.25, 0.3) is 0 Å². The number of thiophene rings is 1. The Hall–Kier alpha value is -1.14. The minimum atomic E-state index is 0.494. The van der Waals surface area contributed by atoms with E-state index in [4.69, 9.17) is 5.73 Å². The minimum absolute atomic E-state index is 0.494. The fraction of sp³-hybridized carbons (Fsp3) is 0.143. The number of hydrogen-bond acceptors (Lipinski definition) is 6. The summed E-state index contributed by atoms with van der Waals surface area (Å²) in [7, 11) is 0. The topological polar surface area (TPSA) is 63.8 Å². The first kappa shape index (κ1) is 8.46. The van der Waals surface area contributed by atoms with Crippen molar-refractivity contribution in [3.05, 3.63) is 22.4 Å². The average molecular weight is 212 g/mol. The van der Waals surface area contributed by atoms with Gasteiger partial charge in [0.1, 0.15) is 0 Å². The van der Waals surface area contributed by atoms with E-state index in [1.165, 1.54) is 16.2 Å². The van der Waals surface area contributed by atoms with E-state index in [1.807, 2.05) is 11.4 Å². The van der Waals surface area contributed by atoms with Crippen molar-refractivity contribution in [3.8, 4) is 0 Å². The summed E-state index contributed by atoms with van der Waals surface area (Å²) in [5.74, 6) is 0. The number of nitrogens with two attached hydrogens (primary N) is 1. The highest BCUT2D eigenvalue weighted by Crippen LogP contribution is 2.18. The third-order valence-corrected chi connectivity index (χ3v) is 3.02. The summed E-state index contributed by atoms with van der Waals surface area (Å²) in [6.45, 7) is 0.784. The molecule has 2 rings (SSSR count). The van der Waals surface area contributed by atoms with E-state index >= 15 is 0 Å². The summed E-state index contributed by atoms with van der Waals surface area (Å²) in [5, 5.41) is 14.0. The van der Waals surface area contributed by atoms with Crippen LogP contribution in [0.1, 0.15) is 4.88 Å². The highest BCUT2D eigenvalue weighted by molar-refractivity contribution is 7.18. The molecule has 0 atom stereocenters. The van der Waals surface area contributed by atoms with Crippen molar-refractivity contribution < 1.29 is 0 Å². The van der Waals surface area contributed by atoms with Crippen LogP contribution in [0.3, 0.4) is 0 Å². The zero-order valence-corrected chi connectivity index (χ0v) is 8.36. The summed E-state index contributed by atoms with van der Waals surface area (Å²) < 4.78 is 0. The van der Waals surface area contributed by atoms with Crippen molar-refractivity contribution in [2.45, 2.75) is 6.54 Å². The lowest BCUT2D eigenvalue weighted by Crippen LogP contribution is -1.96. The molecule has 0 aromatic carbocycles. The molecule has 0 aliphatic heterocycles. The zero-order chi connectivity index (χ0) is 9.10. The molecule has 0 radical (unpaired) electrons. The number of nitrogens with one attached hydrogen (secondary N) is 1. The van der Waals surface area contributed by atoms with E-state index in [0.29, 0.717) is 5.13 Å². The highest BCUT2D eigenvalue weighted by atomic mass is 32.1. The van der Waals surface area contributed by atoms with Crippen molar-refractivity contribution in [1.29, 1.82) is 0 Å². The van der Waals surface area contributed by atoms with Crippen molar-refractivity contribution in [3.63, 3.8) is 0 Å². The molecule has 4 nitrogen and oxygen atoms in total. The molecule has 0 aliphatic rings. The number of hydrogen-bond donors (Lipinski definition) is 2. The van der Waals surface area contributed by atoms with Crippen LogP contribution in [0.15, 0.2) is 17.5 Å². The van der Waals surface area contributed by atoms with Crippen LogP contribution in [0.2, 0.25) is 0 Å². The summed E-state index contributed by atoms with van der Waals surface area (Å²) in [4.78, 5) is 1.27. The van der Waals surface area contributed by atoms with Crippen molar-refractivity contribution in [1.82, 2.24) is 10.2 Å². The Bertz CT molecular complexity index is 368. The summed E-state index contributed by atoms with van der Waals surface area (Å²) in [5.41, 5.74) is 5.44. The van der Waals surface area contributed by atoms with Gasteiger partial charge in [-0.3, -0.25) is 0 Å². The lowest BCUT2D eigenvalue weighted by atomic mass is 10.5. The van der Waals surface area contributed by atoms with Crippen LogP contribution in [0.4, 0.5) is 10.3 Å². The second-order valence-corrected chi connectivity index (χ2v) is 4.42. The van der Waals surface area contributed by atoms with Gasteiger partial charge in [-0.05, 0) is 11.4 Å². The predicted molar refractivity (Wildman–Crippen MR) is 56.0 cm³/mol. The first-order chi connectivity index (χ1) is 6.34. The van der Waals surface area contributed by atoms with Gasteiger partial charge in [0.15, 0.2) is 0 Å². The summed E-state index contributed by atoms with van der Waals surface area (Å²) in [6, 6.07) is 4.10. The van der Waals surface area contributed by atoms with Gasteiger partial charge in [0.25, 0.3) is 0 Å². The van der Waals surface area contributed by atoms with E-state index in [2.05, 4.69) is 21.6 Å². The SMILES string of the molecule is Nc1nnc(NCc2cccs2)s1. The van der Waals surface area contributed by atoms with E-state index in [0.717, 1.165) is 11.7 Å². The van der Waals surface area contributed by atoms with E-state index in [9.17, 15) is 0 Å². The second kappa shape index (κ2) is 3.71. The Morgan fingerprint density at radius 3 is 3.00 bits per heavy atom. The fourth-order valence-electron chi connectivity index (χ4n) is 0.882. The normalized spacial score (nSPS) is 10.2. The van der Waals surface area contributed by atoms with Gasteiger partial charge < -0.3 is 11.1 Å². The van der Waals surface area contributed by atoms with E-state index in [-0.39, 0.29) is 0 Å². The van der Waals surface area contributed by atoms with Crippen LogP contribution < -0.4 is 11.1 Å². The lowest BCUT2D eigenvalue weighted by molar-refractivity contribution is 1.06. The Labute approximate surface area is 83.4 Å². The molecule has 0 aliphatic carbocycles. The second-order valence-electron chi connectivity index (χ2n) is 2.38. The van der Waals surface area contributed by atoms with Gasteiger partial charge in [-0.1, -0.05) is 17.4 Å². The van der Waals surface area contributed by atoms with Crippen molar-refractivity contribution >= 4 is 32.9 Å². The number of rotatable bonds is 3. The third kappa shape index (κ3) is 2.16. The van der Waals surface area contributed by atoms with Crippen LogP contribution in [0, 0.1) is 0 Å². The maximum absolute atomic E-state index is 5.44. The summed E-state index contributed by atoms with van der Waals surface area (Å²) >= 11 is 3.07. The molecule has 2 aromatic rings. The Morgan fingerprint density at radius 1 is 1.46 bits per heavy atom. The van der Waals surface area contributed by atoms with E-state index < -0.39 is 0 Å². The maximum Gasteiger partial charge on any atom is 0.207 e. The van der Waals surface area contributed by atoms with Crippen LogP contribution >= 0.6 is 22.7 Å². The number of nitrogen functional groups attached to an aromatic ring is 1. The van der Waals surface area contributed by atoms with Crippen LogP contribution in [0.5, 0.6) is 0 Å². The molecule has 6 heteroatoms. The molecule has 3 N–H and O–H groups in total.